The molecule has 66 heavy (non-hydrogen) atoms. The minimum atomic E-state index is -0.547. The Morgan fingerprint density at radius 1 is 0.258 bits per heavy atom. The molecule has 0 fully saturated rings. The fourth-order valence-corrected chi connectivity index (χ4v) is 12.4. The molecule has 10 aromatic carbocycles. The maximum Gasteiger partial charge on any atom is 0.0720 e. The number of hydrogen-bond donors (Lipinski definition) is 0. The van der Waals surface area contributed by atoms with Crippen LogP contribution in [0.1, 0.15) is 69.5 Å². The first-order chi connectivity index (χ1) is 32.5. The van der Waals surface area contributed by atoms with Crippen molar-refractivity contribution < 1.29 is 0 Å². The molecule has 0 heterocycles. The Hall–Kier alpha value is -8.00. The van der Waals surface area contributed by atoms with E-state index in [0.717, 1.165) is 17.1 Å². The van der Waals surface area contributed by atoms with Crippen LogP contribution in [0.2, 0.25) is 0 Å². The number of nitrogens with zero attached hydrogens (tertiary/aromatic N) is 1. The van der Waals surface area contributed by atoms with Crippen LogP contribution in [0, 0.1) is 0 Å². The summed E-state index contributed by atoms with van der Waals surface area (Å²) >= 11 is 0. The van der Waals surface area contributed by atoms with Gasteiger partial charge in [-0.25, -0.2) is 0 Å². The van der Waals surface area contributed by atoms with Crippen LogP contribution in [0.4, 0.5) is 17.1 Å². The van der Waals surface area contributed by atoms with Gasteiger partial charge in [-0.3, -0.25) is 0 Å². The van der Waals surface area contributed by atoms with Crippen molar-refractivity contribution in [3.8, 4) is 33.4 Å². The number of rotatable bonds is 6. The van der Waals surface area contributed by atoms with E-state index in [1.165, 1.54) is 89.0 Å². The number of anilines is 3. The Morgan fingerprint density at radius 3 is 1.14 bits per heavy atom. The molecule has 0 unspecified atom stereocenters. The summed E-state index contributed by atoms with van der Waals surface area (Å²) in [5, 5.41) is 0. The second-order valence-corrected chi connectivity index (χ2v) is 18.8. The van der Waals surface area contributed by atoms with Gasteiger partial charge in [0.25, 0.3) is 0 Å². The highest BCUT2D eigenvalue weighted by atomic mass is 15.1. The summed E-state index contributed by atoms with van der Waals surface area (Å²) in [4.78, 5) is 2.37. The third-order valence-corrected chi connectivity index (χ3v) is 15.2. The summed E-state index contributed by atoms with van der Waals surface area (Å²) in [5.74, 6) is 0. The molecule has 3 aliphatic carbocycles. The minimum Gasteiger partial charge on any atom is -0.310 e. The Bertz CT molecular complexity index is 3370. The lowest BCUT2D eigenvalue weighted by Gasteiger charge is -2.50. The van der Waals surface area contributed by atoms with Gasteiger partial charge in [-0.1, -0.05) is 214 Å². The van der Waals surface area contributed by atoms with Crippen molar-refractivity contribution in [2.75, 3.05) is 4.90 Å². The molecular weight excluding hydrogens is 795 g/mol. The second kappa shape index (κ2) is 14.5. The van der Waals surface area contributed by atoms with Gasteiger partial charge < -0.3 is 4.90 Å². The fraction of sp³-hybridized carbons (Fsp3) is 0.0769. The van der Waals surface area contributed by atoms with E-state index in [0.29, 0.717) is 0 Å². The molecule has 0 saturated carbocycles. The number of benzene rings is 10. The highest BCUT2D eigenvalue weighted by Gasteiger charge is 2.56. The molecule has 3 aliphatic rings. The van der Waals surface area contributed by atoms with Gasteiger partial charge in [-0.2, -0.15) is 0 Å². The van der Waals surface area contributed by atoms with E-state index in [-0.39, 0.29) is 5.41 Å². The largest absolute Gasteiger partial charge is 0.310 e. The summed E-state index contributed by atoms with van der Waals surface area (Å²) in [5.41, 5.74) is 23.1. The predicted molar refractivity (Wildman–Crippen MR) is 273 cm³/mol. The molecule has 1 heteroatoms. The molecule has 0 atom stereocenters. The third kappa shape index (κ3) is 5.23. The lowest BCUT2D eigenvalue weighted by molar-refractivity contribution is 0.624. The molecule has 0 amide bonds. The first-order valence-electron chi connectivity index (χ1n) is 23.3. The van der Waals surface area contributed by atoms with Crippen LogP contribution in [0.25, 0.3) is 33.4 Å². The van der Waals surface area contributed by atoms with E-state index in [2.05, 4.69) is 267 Å². The van der Waals surface area contributed by atoms with Crippen molar-refractivity contribution >= 4 is 17.1 Å². The Kier molecular flexibility index (Phi) is 8.45. The highest BCUT2D eigenvalue weighted by Crippen LogP contribution is 2.65. The number of para-hydroxylation sites is 2. The molecule has 0 aliphatic heterocycles. The molecule has 0 aromatic heterocycles. The normalized spacial score (nSPS) is 14.9. The highest BCUT2D eigenvalue weighted by molar-refractivity contribution is 5.92. The zero-order valence-corrected chi connectivity index (χ0v) is 37.1. The summed E-state index contributed by atoms with van der Waals surface area (Å²) in [7, 11) is 0. The first-order valence-corrected chi connectivity index (χ1v) is 23.3. The zero-order valence-electron chi connectivity index (χ0n) is 37.1. The summed E-state index contributed by atoms with van der Waals surface area (Å²) in [6.45, 7) is 4.80. The molecule has 0 saturated heterocycles. The molecular formula is C65H47N. The molecule has 0 N–H and O–H groups in total. The molecule has 1 nitrogen and oxygen atoms in total. The van der Waals surface area contributed by atoms with Crippen molar-refractivity contribution in [3.63, 3.8) is 0 Å². The maximum atomic E-state index is 2.54. The van der Waals surface area contributed by atoms with E-state index in [1.54, 1.807) is 0 Å². The molecule has 0 bridgehead atoms. The topological polar surface area (TPSA) is 3.24 Å². The standard InChI is InChI=1S/C65H47N/c1-63(2)60-41-44(35-38-52(60)53-40-37-50(43-61(53)63)66(48-25-11-5-12-26-48)49-27-13-6-14-28-49)45-36-39-54-51-29-15-16-30-55(51)65(62(54)42-45)58-33-19-17-31-56(58)64(46-21-7-3-8-22-46,47-23-9-4-10-24-47)57-32-18-20-34-59(57)65/h3-43H,1-2H3. The van der Waals surface area contributed by atoms with Crippen LogP contribution in [0.3, 0.4) is 0 Å². The van der Waals surface area contributed by atoms with E-state index in [1.807, 2.05) is 0 Å². The van der Waals surface area contributed by atoms with Crippen LogP contribution in [-0.4, -0.2) is 0 Å². The van der Waals surface area contributed by atoms with E-state index >= 15 is 0 Å². The van der Waals surface area contributed by atoms with Crippen LogP contribution >= 0.6 is 0 Å². The second-order valence-electron chi connectivity index (χ2n) is 18.8. The van der Waals surface area contributed by atoms with Gasteiger partial charge in [0, 0.05) is 22.5 Å². The quantitative estimate of drug-likeness (QED) is 0.161. The fourth-order valence-electron chi connectivity index (χ4n) is 12.4. The lowest BCUT2D eigenvalue weighted by Crippen LogP contribution is -2.44. The smallest absolute Gasteiger partial charge is 0.0720 e. The Balaban J connectivity index is 0.992. The van der Waals surface area contributed by atoms with Crippen LogP contribution in [0.5, 0.6) is 0 Å². The molecule has 1 spiro atoms. The lowest BCUT2D eigenvalue weighted by atomic mass is 9.51. The van der Waals surface area contributed by atoms with E-state index in [4.69, 9.17) is 0 Å². The first kappa shape index (κ1) is 38.5. The van der Waals surface area contributed by atoms with Crippen molar-refractivity contribution in [1.29, 1.82) is 0 Å². The summed E-state index contributed by atoms with van der Waals surface area (Å²) in [6.07, 6.45) is 0. The summed E-state index contributed by atoms with van der Waals surface area (Å²) < 4.78 is 0. The van der Waals surface area contributed by atoms with Gasteiger partial charge in [0.15, 0.2) is 0 Å². The van der Waals surface area contributed by atoms with Crippen LogP contribution in [-0.2, 0) is 16.2 Å². The van der Waals surface area contributed by atoms with Crippen molar-refractivity contribution in [2.24, 2.45) is 0 Å². The molecule has 13 rings (SSSR count). The van der Waals surface area contributed by atoms with E-state index < -0.39 is 10.8 Å². The van der Waals surface area contributed by atoms with Gasteiger partial charge in [0.2, 0.25) is 0 Å². The van der Waals surface area contributed by atoms with Gasteiger partial charge in [-0.15, -0.1) is 0 Å². The monoisotopic (exact) mass is 841 g/mol. The zero-order chi connectivity index (χ0) is 44.0. The summed E-state index contributed by atoms with van der Waals surface area (Å²) in [6, 6.07) is 93.2. The van der Waals surface area contributed by atoms with Crippen molar-refractivity contribution in [3.05, 3.63) is 304 Å². The number of hydrogen-bond acceptors (Lipinski definition) is 1. The van der Waals surface area contributed by atoms with Gasteiger partial charge >= 0.3 is 0 Å². The minimum absolute atomic E-state index is 0.219. The van der Waals surface area contributed by atoms with Gasteiger partial charge in [0.1, 0.15) is 0 Å². The molecule has 0 radical (unpaired) electrons. The Morgan fingerprint density at radius 2 is 0.621 bits per heavy atom. The Labute approximate surface area is 388 Å². The van der Waals surface area contributed by atoms with Gasteiger partial charge in [-0.05, 0) is 138 Å². The molecule has 312 valence electrons. The van der Waals surface area contributed by atoms with Crippen LogP contribution < -0.4 is 4.90 Å². The number of fused-ring (bicyclic) bond motifs is 12. The van der Waals surface area contributed by atoms with Crippen molar-refractivity contribution in [2.45, 2.75) is 30.1 Å². The van der Waals surface area contributed by atoms with Crippen LogP contribution in [0.15, 0.2) is 249 Å². The SMILES string of the molecule is CC1(C)c2cc(-c3ccc4c(c3)C3(c5ccccc5-4)c4ccccc4C(c4ccccc4)(c4ccccc4)c4ccccc43)ccc2-c2ccc(N(c3ccccc3)c3ccccc3)cc21. The van der Waals surface area contributed by atoms with Crippen molar-refractivity contribution in [1.82, 2.24) is 0 Å². The maximum absolute atomic E-state index is 2.54. The predicted octanol–water partition coefficient (Wildman–Crippen LogP) is 16.2. The molecule has 10 aromatic rings. The van der Waals surface area contributed by atoms with Gasteiger partial charge in [0.05, 0.1) is 10.8 Å². The third-order valence-electron chi connectivity index (χ3n) is 15.2. The average Bonchev–Trinajstić information content (AvgIpc) is 3.80. The average molecular weight is 842 g/mol. The van der Waals surface area contributed by atoms with E-state index in [9.17, 15) is 0 Å².